The molecular weight excluding hydrogens is 276 g/mol. The summed E-state index contributed by atoms with van der Waals surface area (Å²) in [5, 5.41) is 0. The summed E-state index contributed by atoms with van der Waals surface area (Å²) < 4.78 is 52.3. The Balaban J connectivity index is 2.94. The van der Waals surface area contributed by atoms with Crippen molar-refractivity contribution in [2.45, 2.75) is 13.8 Å². The smallest absolute Gasteiger partial charge is 0.0935 e. The van der Waals surface area contributed by atoms with E-state index in [1.807, 2.05) is 0 Å². The first-order valence-corrected chi connectivity index (χ1v) is 8.51. The Kier molecular flexibility index (Phi) is 4.58. The van der Waals surface area contributed by atoms with Gasteiger partial charge < -0.3 is 9.44 Å². The minimum absolute atomic E-state index is 0.109. The van der Waals surface area contributed by atoms with Crippen molar-refractivity contribution in [2.75, 3.05) is 11.5 Å². The molecule has 0 amide bonds. The van der Waals surface area contributed by atoms with Gasteiger partial charge in [0.1, 0.15) is 0 Å². The first-order chi connectivity index (χ1) is 8.28. The van der Waals surface area contributed by atoms with Crippen molar-refractivity contribution in [1.29, 1.82) is 0 Å². The molecule has 0 N–H and O–H groups in total. The van der Waals surface area contributed by atoms with Crippen LogP contribution in [-0.2, 0) is 20.0 Å². The molecule has 8 heteroatoms. The van der Waals surface area contributed by atoms with Crippen molar-refractivity contribution in [2.24, 2.45) is 0 Å². The molecule has 18 heavy (non-hydrogen) atoms. The van der Waals surface area contributed by atoms with Crippen LogP contribution in [0.4, 0.5) is 11.4 Å². The zero-order chi connectivity index (χ0) is 13.8. The monoisotopic (exact) mass is 290 g/mol. The fraction of sp³-hybridized carbons (Fsp3) is 0.400. The summed E-state index contributed by atoms with van der Waals surface area (Å²) in [4.78, 5) is 0. The van der Waals surface area contributed by atoms with Gasteiger partial charge in [0, 0.05) is 11.5 Å². The van der Waals surface area contributed by atoms with Crippen molar-refractivity contribution >= 4 is 31.4 Å². The molecule has 0 unspecified atom stereocenters. The molecule has 0 aliphatic heterocycles. The highest BCUT2D eigenvalue weighted by molar-refractivity contribution is 7.94. The van der Waals surface area contributed by atoms with E-state index in [2.05, 4.69) is 9.44 Å². The quantitative estimate of drug-likeness (QED) is 0.803. The van der Waals surface area contributed by atoms with Crippen LogP contribution in [0.5, 0.6) is 0 Å². The topological polar surface area (TPSA) is 96.5 Å². The Bertz CT molecular complexity index is 557. The Hall–Kier alpha value is -1.28. The summed E-state index contributed by atoms with van der Waals surface area (Å²) >= 11 is 0. The van der Waals surface area contributed by atoms with E-state index in [4.69, 9.17) is 0 Å². The van der Waals surface area contributed by atoms with Gasteiger partial charge >= 0.3 is 0 Å². The number of hydrogen-bond acceptors (Lipinski definition) is 4. The van der Waals surface area contributed by atoms with Crippen LogP contribution < -0.4 is 0 Å². The molecule has 0 bridgehead atoms. The number of nitrogens with zero attached hydrogens (tertiary/aromatic N) is 2. The van der Waals surface area contributed by atoms with Gasteiger partial charge in [0.25, 0.3) is 0 Å². The van der Waals surface area contributed by atoms with Crippen LogP contribution in [0.3, 0.4) is 0 Å². The van der Waals surface area contributed by atoms with Crippen molar-refractivity contribution < 1.29 is 16.8 Å². The predicted molar refractivity (Wildman–Crippen MR) is 71.4 cm³/mol. The molecule has 6 nitrogen and oxygen atoms in total. The van der Waals surface area contributed by atoms with Crippen LogP contribution in [0.2, 0.25) is 0 Å². The zero-order valence-electron chi connectivity index (χ0n) is 10.1. The second kappa shape index (κ2) is 5.57. The van der Waals surface area contributed by atoms with E-state index in [0.29, 0.717) is 0 Å². The summed E-state index contributed by atoms with van der Waals surface area (Å²) in [6.07, 6.45) is 0. The lowest BCUT2D eigenvalue weighted by Crippen LogP contribution is -1.99. The number of sulfonamides is 2. The molecule has 0 saturated carbocycles. The highest BCUT2D eigenvalue weighted by Crippen LogP contribution is 2.30. The molecule has 0 saturated heterocycles. The van der Waals surface area contributed by atoms with E-state index in [9.17, 15) is 16.8 Å². The predicted octanol–water partition coefficient (Wildman–Crippen LogP) is 2.40. The van der Waals surface area contributed by atoms with Crippen LogP contribution in [0.1, 0.15) is 13.8 Å². The average molecular weight is 290 g/mol. The van der Waals surface area contributed by atoms with E-state index < -0.39 is 20.0 Å². The van der Waals surface area contributed by atoms with Crippen LogP contribution in [0, 0.1) is 0 Å². The lowest BCUT2D eigenvalue weighted by atomic mass is 10.3. The molecule has 0 heterocycles. The summed E-state index contributed by atoms with van der Waals surface area (Å²) in [6, 6.07) is 5.78. The molecule has 0 spiro atoms. The first-order valence-electron chi connectivity index (χ1n) is 5.29. The van der Waals surface area contributed by atoms with Crippen molar-refractivity contribution in [3.05, 3.63) is 33.7 Å². The van der Waals surface area contributed by atoms with Crippen molar-refractivity contribution in [1.82, 2.24) is 0 Å². The van der Waals surface area contributed by atoms with Crippen LogP contribution >= 0.6 is 0 Å². The molecule has 1 aromatic rings. The van der Waals surface area contributed by atoms with Gasteiger partial charge in [-0.2, -0.15) is 0 Å². The third-order valence-corrected chi connectivity index (χ3v) is 4.49. The third kappa shape index (κ3) is 4.53. The van der Waals surface area contributed by atoms with Crippen LogP contribution in [-0.4, -0.2) is 28.3 Å². The SMILES string of the molecule is CCS(=O)(=O)[N-]c1cccc([N-]S(=O)(=O)CC)c1. The summed E-state index contributed by atoms with van der Waals surface area (Å²) in [7, 11) is -7.01. The zero-order valence-corrected chi connectivity index (χ0v) is 11.7. The highest BCUT2D eigenvalue weighted by Gasteiger charge is 1.96. The Morgan fingerprint density at radius 3 is 1.61 bits per heavy atom. The Morgan fingerprint density at radius 2 is 1.28 bits per heavy atom. The van der Waals surface area contributed by atoms with E-state index in [0.717, 1.165) is 0 Å². The first kappa shape index (κ1) is 14.8. The maximum Gasteiger partial charge on any atom is 0.0935 e. The molecule has 0 radical (unpaired) electrons. The Labute approximate surface area is 108 Å². The largest absolute Gasteiger partial charge is 0.577 e. The molecule has 1 rings (SSSR count). The number of benzene rings is 1. The van der Waals surface area contributed by atoms with Crippen molar-refractivity contribution in [3.63, 3.8) is 0 Å². The van der Waals surface area contributed by atoms with Gasteiger partial charge in [-0.1, -0.05) is 38.1 Å². The normalized spacial score (nSPS) is 12.1. The average Bonchev–Trinajstić information content (AvgIpc) is 2.28. The van der Waals surface area contributed by atoms with Gasteiger partial charge in [-0.3, -0.25) is 0 Å². The van der Waals surface area contributed by atoms with Crippen LogP contribution in [0.15, 0.2) is 24.3 Å². The van der Waals surface area contributed by atoms with E-state index in [1.165, 1.54) is 38.1 Å². The molecule has 0 aliphatic carbocycles. The van der Waals surface area contributed by atoms with Gasteiger partial charge in [-0.05, 0) is 0 Å². The van der Waals surface area contributed by atoms with Gasteiger partial charge in [-0.15, -0.1) is 11.4 Å². The third-order valence-electron chi connectivity index (χ3n) is 2.05. The summed E-state index contributed by atoms with van der Waals surface area (Å²) in [5.74, 6) is -0.219. The molecule has 1 aromatic carbocycles. The summed E-state index contributed by atoms with van der Waals surface area (Å²) in [6.45, 7) is 2.96. The fourth-order valence-electron chi connectivity index (χ4n) is 1.06. The highest BCUT2D eigenvalue weighted by atomic mass is 32.2. The number of hydrogen-bond donors (Lipinski definition) is 0. The standard InChI is InChI=1S/C10H14N2O4S2/c1-3-17(13,14)11-9-6-5-7-10(8-9)12-18(15,16)4-2/h5-8H,3-4H2,1-2H3/q-2. The van der Waals surface area contributed by atoms with Gasteiger partial charge in [0.15, 0.2) is 0 Å². The molecule has 0 aromatic heterocycles. The van der Waals surface area contributed by atoms with E-state index in [-0.39, 0.29) is 22.9 Å². The van der Waals surface area contributed by atoms with Gasteiger partial charge in [-0.25, -0.2) is 16.8 Å². The summed E-state index contributed by atoms with van der Waals surface area (Å²) in [5.41, 5.74) is 0.341. The molecule has 0 atom stereocenters. The van der Waals surface area contributed by atoms with Gasteiger partial charge in [0.2, 0.25) is 0 Å². The lowest BCUT2D eigenvalue weighted by Gasteiger charge is -2.26. The van der Waals surface area contributed by atoms with Crippen molar-refractivity contribution in [3.8, 4) is 0 Å². The minimum atomic E-state index is -3.50. The Morgan fingerprint density at radius 1 is 0.889 bits per heavy atom. The lowest BCUT2D eigenvalue weighted by molar-refractivity contribution is 0.603. The molecular formula is C10H14N2O4S2-2. The number of rotatable bonds is 6. The van der Waals surface area contributed by atoms with Crippen LogP contribution in [0.25, 0.3) is 9.44 Å². The fourth-order valence-corrected chi connectivity index (χ4v) is 2.18. The second-order valence-corrected chi connectivity index (χ2v) is 7.29. The maximum absolute atomic E-state index is 11.3. The van der Waals surface area contributed by atoms with Gasteiger partial charge in [0.05, 0.1) is 20.0 Å². The second-order valence-electron chi connectivity index (χ2n) is 3.44. The molecule has 102 valence electrons. The van der Waals surface area contributed by atoms with E-state index >= 15 is 0 Å². The van der Waals surface area contributed by atoms with E-state index in [1.54, 1.807) is 0 Å². The maximum atomic E-state index is 11.3. The minimum Gasteiger partial charge on any atom is -0.577 e. The molecule has 0 aliphatic rings. The molecule has 0 fully saturated rings.